The maximum atomic E-state index is 12.7. The quantitative estimate of drug-likeness (QED) is 0.756. The molecule has 30 heavy (non-hydrogen) atoms. The summed E-state index contributed by atoms with van der Waals surface area (Å²) in [6.07, 6.45) is 2.64. The molecule has 2 aromatic carbocycles. The van der Waals surface area contributed by atoms with E-state index in [4.69, 9.17) is 4.74 Å². The van der Waals surface area contributed by atoms with Crippen molar-refractivity contribution in [1.82, 2.24) is 9.80 Å². The van der Waals surface area contributed by atoms with E-state index in [2.05, 4.69) is 4.90 Å². The second kappa shape index (κ2) is 8.78. The van der Waals surface area contributed by atoms with Crippen molar-refractivity contribution < 1.29 is 14.6 Å². The number of amides is 1. The molecule has 1 amide bonds. The van der Waals surface area contributed by atoms with Crippen LogP contribution < -0.4 is 0 Å². The largest absolute Gasteiger partial charge is 0.508 e. The van der Waals surface area contributed by atoms with E-state index in [-0.39, 0.29) is 11.7 Å². The molecule has 1 unspecified atom stereocenters. The number of hydrogen-bond donors (Lipinski definition) is 1. The van der Waals surface area contributed by atoms with Crippen molar-refractivity contribution in [3.63, 3.8) is 0 Å². The van der Waals surface area contributed by atoms with Gasteiger partial charge in [-0.3, -0.25) is 9.69 Å². The van der Waals surface area contributed by atoms with Gasteiger partial charge in [0.15, 0.2) is 0 Å². The molecule has 1 atom stereocenters. The molecule has 1 aliphatic carbocycles. The van der Waals surface area contributed by atoms with Crippen molar-refractivity contribution in [2.45, 2.75) is 32.3 Å². The molecule has 1 saturated heterocycles. The summed E-state index contributed by atoms with van der Waals surface area (Å²) < 4.78 is 6.47. The number of carbonyl (C=O) groups excluding carboxylic acids is 1. The summed E-state index contributed by atoms with van der Waals surface area (Å²) in [6, 6.07) is 15.2. The van der Waals surface area contributed by atoms with Crippen LogP contribution in [0.3, 0.4) is 0 Å². The van der Waals surface area contributed by atoms with E-state index in [1.54, 1.807) is 12.1 Å². The Morgan fingerprint density at radius 3 is 2.50 bits per heavy atom. The predicted molar refractivity (Wildman–Crippen MR) is 118 cm³/mol. The molecule has 2 aromatic rings. The van der Waals surface area contributed by atoms with Gasteiger partial charge in [0.2, 0.25) is 0 Å². The Labute approximate surface area is 179 Å². The fraction of sp³-hybridized carbons (Fsp3) is 0.480. The van der Waals surface area contributed by atoms with Crippen LogP contribution in [0.25, 0.3) is 0 Å². The molecule has 0 radical (unpaired) electrons. The van der Waals surface area contributed by atoms with Gasteiger partial charge in [-0.25, -0.2) is 0 Å². The van der Waals surface area contributed by atoms with E-state index < -0.39 is 5.60 Å². The van der Waals surface area contributed by atoms with Gasteiger partial charge in [0.25, 0.3) is 5.91 Å². The Morgan fingerprint density at radius 2 is 1.87 bits per heavy atom. The third-order valence-electron chi connectivity index (χ3n) is 6.38. The minimum Gasteiger partial charge on any atom is -0.508 e. The molecule has 4 rings (SSSR count). The summed E-state index contributed by atoms with van der Waals surface area (Å²) in [4.78, 5) is 17.0. The van der Waals surface area contributed by atoms with Crippen LogP contribution in [-0.4, -0.2) is 60.1 Å². The third-order valence-corrected chi connectivity index (χ3v) is 6.38. The molecule has 160 valence electrons. The number of nitrogens with zero attached hydrogens (tertiary/aromatic N) is 2. The lowest BCUT2D eigenvalue weighted by Crippen LogP contribution is -2.51. The predicted octanol–water partition coefficient (Wildman–Crippen LogP) is 3.86. The summed E-state index contributed by atoms with van der Waals surface area (Å²) >= 11 is 0. The van der Waals surface area contributed by atoms with E-state index in [1.807, 2.05) is 55.1 Å². The zero-order valence-corrected chi connectivity index (χ0v) is 18.0. The van der Waals surface area contributed by atoms with Crippen LogP contribution in [0.5, 0.6) is 5.75 Å². The average Bonchev–Trinajstić information content (AvgIpc) is 3.59. The highest BCUT2D eigenvalue weighted by atomic mass is 16.5. The number of carbonyl (C=O) groups is 1. The zero-order chi connectivity index (χ0) is 21.1. The molecule has 1 aliphatic heterocycles. The van der Waals surface area contributed by atoms with Gasteiger partial charge in [-0.2, -0.15) is 0 Å². The van der Waals surface area contributed by atoms with E-state index in [0.29, 0.717) is 25.3 Å². The van der Waals surface area contributed by atoms with Crippen LogP contribution >= 0.6 is 0 Å². The maximum absolute atomic E-state index is 12.7. The number of aromatic hydroxyl groups is 1. The third kappa shape index (κ3) is 4.23. The Kier molecular flexibility index (Phi) is 6.11. The Balaban J connectivity index is 1.68. The van der Waals surface area contributed by atoms with Gasteiger partial charge in [-0.1, -0.05) is 24.3 Å². The molecule has 1 saturated carbocycles. The van der Waals surface area contributed by atoms with Crippen LogP contribution in [0, 0.1) is 5.92 Å². The normalized spacial score (nSPS) is 22.1. The topological polar surface area (TPSA) is 53.0 Å². The zero-order valence-electron chi connectivity index (χ0n) is 18.0. The van der Waals surface area contributed by atoms with Gasteiger partial charge in [0.05, 0.1) is 6.61 Å². The number of morpholine rings is 1. The molecule has 2 aliphatic rings. The number of hydrogen-bond acceptors (Lipinski definition) is 4. The summed E-state index contributed by atoms with van der Waals surface area (Å²) in [7, 11) is 0. The highest BCUT2D eigenvalue weighted by Gasteiger charge is 2.41. The lowest BCUT2D eigenvalue weighted by Gasteiger charge is -2.44. The van der Waals surface area contributed by atoms with Gasteiger partial charge >= 0.3 is 0 Å². The molecule has 5 nitrogen and oxygen atoms in total. The first-order valence-corrected chi connectivity index (χ1v) is 11.1. The summed E-state index contributed by atoms with van der Waals surface area (Å²) in [5, 5.41) is 10.1. The first kappa shape index (κ1) is 20.9. The van der Waals surface area contributed by atoms with Crippen molar-refractivity contribution in [3.8, 4) is 5.75 Å². The van der Waals surface area contributed by atoms with Crippen LogP contribution in [0.15, 0.2) is 48.5 Å². The lowest BCUT2D eigenvalue weighted by molar-refractivity contribution is -0.0893. The van der Waals surface area contributed by atoms with E-state index in [1.165, 1.54) is 12.8 Å². The maximum Gasteiger partial charge on any atom is 0.253 e. The van der Waals surface area contributed by atoms with Crippen LogP contribution in [0.2, 0.25) is 0 Å². The molecule has 1 heterocycles. The van der Waals surface area contributed by atoms with E-state index in [0.717, 1.165) is 36.7 Å². The van der Waals surface area contributed by atoms with Crippen LogP contribution in [0.1, 0.15) is 48.2 Å². The second-order valence-electron chi connectivity index (χ2n) is 8.46. The van der Waals surface area contributed by atoms with Crippen molar-refractivity contribution in [2.24, 2.45) is 5.92 Å². The average molecular weight is 409 g/mol. The highest BCUT2D eigenvalue weighted by Crippen LogP contribution is 2.40. The minimum absolute atomic E-state index is 0.0536. The lowest BCUT2D eigenvalue weighted by atomic mass is 9.84. The molecule has 0 spiro atoms. The SMILES string of the molecule is CCN(CC)C(=O)c1ccc(C2(c3cccc(O)c3)CN(CC3CC3)CCO2)cc1. The number of phenols is 1. The van der Waals surface area contributed by atoms with Crippen LogP contribution in [0.4, 0.5) is 0 Å². The van der Waals surface area contributed by atoms with E-state index in [9.17, 15) is 9.90 Å². The van der Waals surface area contributed by atoms with Crippen LogP contribution in [-0.2, 0) is 10.3 Å². The molecule has 0 bridgehead atoms. The summed E-state index contributed by atoms with van der Waals surface area (Å²) in [6.45, 7) is 8.80. The number of benzene rings is 2. The first-order chi connectivity index (χ1) is 14.6. The first-order valence-electron chi connectivity index (χ1n) is 11.1. The van der Waals surface area contributed by atoms with Crippen molar-refractivity contribution in [3.05, 3.63) is 65.2 Å². The Hall–Kier alpha value is -2.37. The van der Waals surface area contributed by atoms with Gasteiger partial charge in [-0.05, 0) is 68.0 Å². The van der Waals surface area contributed by atoms with Gasteiger partial charge in [0.1, 0.15) is 11.4 Å². The van der Waals surface area contributed by atoms with Crippen molar-refractivity contribution in [1.29, 1.82) is 0 Å². The monoisotopic (exact) mass is 408 g/mol. The van der Waals surface area contributed by atoms with Gasteiger partial charge in [0, 0.05) is 38.3 Å². The molecule has 1 N–H and O–H groups in total. The molecule has 0 aromatic heterocycles. The molecular formula is C25H32N2O3. The van der Waals surface area contributed by atoms with Gasteiger partial charge < -0.3 is 14.7 Å². The summed E-state index contributed by atoms with van der Waals surface area (Å²) in [5.74, 6) is 1.10. The van der Waals surface area contributed by atoms with E-state index >= 15 is 0 Å². The second-order valence-corrected chi connectivity index (χ2v) is 8.46. The Bertz CT molecular complexity index is 874. The highest BCUT2D eigenvalue weighted by molar-refractivity contribution is 5.94. The Morgan fingerprint density at radius 1 is 1.13 bits per heavy atom. The standard InChI is InChI=1S/C25H32N2O3/c1-3-27(4-2)24(29)20-10-12-21(13-11-20)25(22-6-5-7-23(28)16-22)18-26(14-15-30-25)17-19-8-9-19/h5-7,10-13,16,19,28H,3-4,8-9,14-15,17-18H2,1-2H3. The minimum atomic E-state index is -0.650. The van der Waals surface area contributed by atoms with Crippen molar-refractivity contribution in [2.75, 3.05) is 39.3 Å². The number of phenolic OH excluding ortho intramolecular Hbond substituents is 1. The fourth-order valence-corrected chi connectivity index (χ4v) is 4.46. The molecule has 2 fully saturated rings. The van der Waals surface area contributed by atoms with Crippen molar-refractivity contribution >= 4 is 5.91 Å². The molecular weight excluding hydrogens is 376 g/mol. The van der Waals surface area contributed by atoms with Gasteiger partial charge in [-0.15, -0.1) is 0 Å². The summed E-state index contributed by atoms with van der Waals surface area (Å²) in [5.41, 5.74) is 2.01. The number of rotatable bonds is 7. The fourth-order valence-electron chi connectivity index (χ4n) is 4.46. The molecule has 5 heteroatoms. The smallest absolute Gasteiger partial charge is 0.253 e. The number of ether oxygens (including phenoxy) is 1.